The Bertz CT molecular complexity index is 416. The summed E-state index contributed by atoms with van der Waals surface area (Å²) < 4.78 is 18.0. The zero-order chi connectivity index (χ0) is 13.7. The van der Waals surface area contributed by atoms with Gasteiger partial charge in [-0.2, -0.15) is 9.37 Å². The van der Waals surface area contributed by atoms with Crippen molar-refractivity contribution < 1.29 is 9.13 Å². The molecule has 1 aromatic heterocycles. The number of anilines is 1. The van der Waals surface area contributed by atoms with Gasteiger partial charge in [-0.3, -0.25) is 0 Å². The molecule has 1 saturated heterocycles. The van der Waals surface area contributed by atoms with Crippen LogP contribution in [0.15, 0.2) is 6.20 Å². The molecule has 1 aliphatic heterocycles. The van der Waals surface area contributed by atoms with Crippen LogP contribution in [0.25, 0.3) is 0 Å². The maximum Gasteiger partial charge on any atom is 0.255 e. The van der Waals surface area contributed by atoms with Crippen molar-refractivity contribution in [1.82, 2.24) is 14.9 Å². The molecule has 0 saturated carbocycles. The number of rotatable bonds is 5. The minimum Gasteiger partial charge on any atom is -0.479 e. The molecule has 1 fully saturated rings. The number of halogens is 1. The summed E-state index contributed by atoms with van der Waals surface area (Å²) in [5.74, 6) is -0.149. The Balaban J connectivity index is 1.82. The zero-order valence-electron chi connectivity index (χ0n) is 11.5. The van der Waals surface area contributed by atoms with Crippen LogP contribution in [-0.4, -0.2) is 48.2 Å². The van der Waals surface area contributed by atoms with E-state index in [1.807, 2.05) is 0 Å². The first-order chi connectivity index (χ1) is 9.20. The molecule has 2 rings (SSSR count). The van der Waals surface area contributed by atoms with E-state index in [1.54, 1.807) is 0 Å². The second-order valence-corrected chi connectivity index (χ2v) is 4.90. The Hall–Kier alpha value is -1.43. The molecule has 19 heavy (non-hydrogen) atoms. The number of likely N-dealkylation sites (tertiary alicyclic amines) is 1. The number of ether oxygens (including phenoxy) is 1. The fourth-order valence-electron chi connectivity index (χ4n) is 2.44. The fourth-order valence-corrected chi connectivity index (χ4v) is 2.44. The van der Waals surface area contributed by atoms with Crippen LogP contribution >= 0.6 is 0 Å². The van der Waals surface area contributed by atoms with Gasteiger partial charge >= 0.3 is 0 Å². The highest BCUT2D eigenvalue weighted by Gasteiger charge is 2.18. The third-order valence-electron chi connectivity index (χ3n) is 3.59. The summed E-state index contributed by atoms with van der Waals surface area (Å²) in [5.41, 5.74) is 0. The van der Waals surface area contributed by atoms with Crippen LogP contribution in [0.5, 0.6) is 5.88 Å². The highest BCUT2D eigenvalue weighted by atomic mass is 19.1. The molecule has 1 aromatic rings. The standard InChI is InChI=1S/C13H21FN4O/c1-18-8-4-3-5-10(18)6-7-15-13-16-9-11(14)12(17-13)19-2/h9-10H,3-8H2,1-2H3,(H,15,16,17)/t10-/m0/s1. The van der Waals surface area contributed by atoms with E-state index in [2.05, 4.69) is 27.2 Å². The lowest BCUT2D eigenvalue weighted by atomic mass is 10.0. The third-order valence-corrected chi connectivity index (χ3v) is 3.59. The van der Waals surface area contributed by atoms with E-state index in [9.17, 15) is 4.39 Å². The summed E-state index contributed by atoms with van der Waals surface area (Å²) in [6, 6.07) is 0.614. The minimum atomic E-state index is -0.542. The van der Waals surface area contributed by atoms with E-state index in [4.69, 9.17) is 4.74 Å². The molecule has 1 aliphatic rings. The van der Waals surface area contributed by atoms with E-state index in [-0.39, 0.29) is 5.88 Å². The largest absolute Gasteiger partial charge is 0.479 e. The number of methoxy groups -OCH3 is 1. The van der Waals surface area contributed by atoms with Crippen molar-refractivity contribution in [3.8, 4) is 5.88 Å². The summed E-state index contributed by atoms with van der Waals surface area (Å²) in [6.07, 6.45) is 6.00. The first-order valence-electron chi connectivity index (χ1n) is 6.71. The number of aromatic nitrogens is 2. The van der Waals surface area contributed by atoms with Crippen molar-refractivity contribution in [3.05, 3.63) is 12.0 Å². The zero-order valence-corrected chi connectivity index (χ0v) is 11.5. The smallest absolute Gasteiger partial charge is 0.255 e. The number of nitrogens with zero attached hydrogens (tertiary/aromatic N) is 3. The Labute approximate surface area is 113 Å². The summed E-state index contributed by atoms with van der Waals surface area (Å²) in [7, 11) is 3.56. The molecular formula is C13H21FN4O. The molecule has 2 heterocycles. The predicted molar refractivity (Wildman–Crippen MR) is 71.9 cm³/mol. The molecule has 1 N–H and O–H groups in total. The average Bonchev–Trinajstić information content (AvgIpc) is 2.43. The lowest BCUT2D eigenvalue weighted by molar-refractivity contribution is 0.179. The van der Waals surface area contributed by atoms with Crippen LogP contribution < -0.4 is 10.1 Å². The topological polar surface area (TPSA) is 50.3 Å². The summed E-state index contributed by atoms with van der Waals surface area (Å²) in [4.78, 5) is 10.3. The van der Waals surface area contributed by atoms with Gasteiger partial charge in [0.05, 0.1) is 13.3 Å². The van der Waals surface area contributed by atoms with Gasteiger partial charge in [-0.05, 0) is 32.9 Å². The first-order valence-corrected chi connectivity index (χ1v) is 6.71. The van der Waals surface area contributed by atoms with E-state index in [0.717, 1.165) is 19.2 Å². The molecule has 0 aliphatic carbocycles. The Morgan fingerprint density at radius 1 is 1.53 bits per heavy atom. The monoisotopic (exact) mass is 268 g/mol. The summed E-state index contributed by atoms with van der Waals surface area (Å²) in [5, 5.41) is 3.12. The molecule has 106 valence electrons. The van der Waals surface area contributed by atoms with Crippen molar-refractivity contribution in [2.24, 2.45) is 0 Å². The highest BCUT2D eigenvalue weighted by molar-refractivity contribution is 5.28. The molecular weight excluding hydrogens is 247 g/mol. The average molecular weight is 268 g/mol. The third kappa shape index (κ3) is 3.76. The van der Waals surface area contributed by atoms with Crippen LogP contribution in [0.4, 0.5) is 10.3 Å². The van der Waals surface area contributed by atoms with Gasteiger partial charge in [-0.1, -0.05) is 6.42 Å². The maximum atomic E-state index is 13.1. The van der Waals surface area contributed by atoms with Gasteiger partial charge in [-0.15, -0.1) is 0 Å². The van der Waals surface area contributed by atoms with Gasteiger partial charge in [0.2, 0.25) is 11.8 Å². The number of piperidine rings is 1. The van der Waals surface area contributed by atoms with Crippen molar-refractivity contribution in [1.29, 1.82) is 0 Å². The SMILES string of the molecule is COc1nc(NCC[C@@H]2CCCCN2C)ncc1F. The summed E-state index contributed by atoms with van der Waals surface area (Å²) >= 11 is 0. The lowest BCUT2D eigenvalue weighted by Crippen LogP contribution is -2.37. The molecule has 0 unspecified atom stereocenters. The van der Waals surface area contributed by atoms with E-state index in [0.29, 0.717) is 12.0 Å². The molecule has 0 aromatic carbocycles. The van der Waals surface area contributed by atoms with Crippen molar-refractivity contribution in [3.63, 3.8) is 0 Å². The van der Waals surface area contributed by atoms with Crippen LogP contribution in [0, 0.1) is 5.82 Å². The van der Waals surface area contributed by atoms with E-state index < -0.39 is 5.82 Å². The van der Waals surface area contributed by atoms with Crippen LogP contribution in [0.3, 0.4) is 0 Å². The molecule has 0 amide bonds. The fraction of sp³-hybridized carbons (Fsp3) is 0.692. The van der Waals surface area contributed by atoms with Crippen LogP contribution in [-0.2, 0) is 0 Å². The van der Waals surface area contributed by atoms with Gasteiger partial charge in [-0.25, -0.2) is 4.98 Å². The lowest BCUT2D eigenvalue weighted by Gasteiger charge is -2.32. The first kappa shape index (κ1) is 14.0. The van der Waals surface area contributed by atoms with Gasteiger partial charge in [0.1, 0.15) is 0 Å². The predicted octanol–water partition coefficient (Wildman–Crippen LogP) is 1.91. The van der Waals surface area contributed by atoms with Gasteiger partial charge in [0, 0.05) is 12.6 Å². The van der Waals surface area contributed by atoms with Crippen molar-refractivity contribution in [2.75, 3.05) is 32.6 Å². The number of nitrogens with one attached hydrogen (secondary N) is 1. The molecule has 6 heteroatoms. The number of hydrogen-bond donors (Lipinski definition) is 1. The normalized spacial score (nSPS) is 20.3. The molecule has 5 nitrogen and oxygen atoms in total. The van der Waals surface area contributed by atoms with Crippen molar-refractivity contribution >= 4 is 5.95 Å². The second kappa shape index (κ2) is 6.65. The highest BCUT2D eigenvalue weighted by Crippen LogP contribution is 2.18. The second-order valence-electron chi connectivity index (χ2n) is 4.90. The van der Waals surface area contributed by atoms with Crippen LogP contribution in [0.1, 0.15) is 25.7 Å². The van der Waals surface area contributed by atoms with E-state index in [1.165, 1.54) is 32.9 Å². The van der Waals surface area contributed by atoms with E-state index >= 15 is 0 Å². The quantitative estimate of drug-likeness (QED) is 0.884. The molecule has 0 spiro atoms. The minimum absolute atomic E-state index is 0.0210. The van der Waals surface area contributed by atoms with Gasteiger partial charge in [0.25, 0.3) is 5.88 Å². The van der Waals surface area contributed by atoms with Crippen LogP contribution in [0.2, 0.25) is 0 Å². The maximum absolute atomic E-state index is 13.1. The van der Waals surface area contributed by atoms with Crippen molar-refractivity contribution in [2.45, 2.75) is 31.7 Å². The Kier molecular flexibility index (Phi) is 4.90. The summed E-state index contributed by atoms with van der Waals surface area (Å²) in [6.45, 7) is 1.95. The Morgan fingerprint density at radius 3 is 3.11 bits per heavy atom. The number of hydrogen-bond acceptors (Lipinski definition) is 5. The van der Waals surface area contributed by atoms with Gasteiger partial charge < -0.3 is 15.0 Å². The van der Waals surface area contributed by atoms with Gasteiger partial charge in [0.15, 0.2) is 0 Å². The molecule has 0 bridgehead atoms. The molecule has 1 atom stereocenters. The Morgan fingerprint density at radius 2 is 2.37 bits per heavy atom. The molecule has 0 radical (unpaired) electrons.